The smallest absolute Gasteiger partial charge is 0.232 e. The van der Waals surface area contributed by atoms with Crippen molar-refractivity contribution in [2.75, 3.05) is 5.73 Å². The molecule has 0 fully saturated rings. The van der Waals surface area contributed by atoms with Crippen molar-refractivity contribution < 1.29 is 9.21 Å². The van der Waals surface area contributed by atoms with Crippen LogP contribution in [0.2, 0.25) is 0 Å². The highest BCUT2D eigenvalue weighted by atomic mass is 16.3. The van der Waals surface area contributed by atoms with E-state index in [1.807, 2.05) is 19.1 Å². The van der Waals surface area contributed by atoms with Gasteiger partial charge in [-0.25, -0.2) is 0 Å². The van der Waals surface area contributed by atoms with E-state index >= 15 is 0 Å². The molecule has 0 amide bonds. The number of benzene rings is 1. The second-order valence-corrected chi connectivity index (χ2v) is 6.19. The summed E-state index contributed by atoms with van der Waals surface area (Å²) in [6.45, 7) is 1.88. The lowest BCUT2D eigenvalue weighted by Crippen LogP contribution is -2.05. The molecule has 4 heteroatoms. The number of nitrogens with two attached hydrogens (primary N) is 1. The highest BCUT2D eigenvalue weighted by molar-refractivity contribution is 6.14. The van der Waals surface area contributed by atoms with E-state index in [1.165, 1.54) is 24.0 Å². The Morgan fingerprint density at radius 3 is 2.70 bits per heavy atom. The Balaban J connectivity index is 1.86. The third-order valence-corrected chi connectivity index (χ3v) is 4.68. The third kappa shape index (κ3) is 2.22. The van der Waals surface area contributed by atoms with Crippen LogP contribution in [-0.4, -0.2) is 10.8 Å². The Hall–Kier alpha value is -2.62. The molecule has 1 aliphatic rings. The first-order valence-electron chi connectivity index (χ1n) is 7.94. The number of carbonyl (C=O) groups is 1. The normalized spacial score (nSPS) is 14.0. The predicted octanol–water partition coefficient (Wildman–Crippen LogP) is 3.83. The van der Waals surface area contributed by atoms with Gasteiger partial charge in [-0.1, -0.05) is 0 Å². The molecular formula is C19H18N2O2. The Kier molecular flexibility index (Phi) is 3.18. The molecule has 0 radical (unpaired) electrons. The van der Waals surface area contributed by atoms with Gasteiger partial charge in [0.2, 0.25) is 5.78 Å². The Morgan fingerprint density at radius 2 is 1.96 bits per heavy atom. The maximum absolute atomic E-state index is 12.8. The van der Waals surface area contributed by atoms with Gasteiger partial charge in [0.15, 0.2) is 5.76 Å². The van der Waals surface area contributed by atoms with Crippen molar-refractivity contribution in [2.45, 2.75) is 32.6 Å². The lowest BCUT2D eigenvalue weighted by molar-refractivity contribution is 0.101. The summed E-state index contributed by atoms with van der Waals surface area (Å²) in [7, 11) is 0. The molecule has 4 nitrogen and oxygen atoms in total. The number of nitrogens with zero attached hydrogens (tertiary/aromatic N) is 1. The van der Waals surface area contributed by atoms with Gasteiger partial charge < -0.3 is 10.2 Å². The fourth-order valence-electron chi connectivity index (χ4n) is 3.34. The van der Waals surface area contributed by atoms with Crippen molar-refractivity contribution in [3.05, 3.63) is 58.6 Å². The van der Waals surface area contributed by atoms with Gasteiger partial charge in [0.1, 0.15) is 5.58 Å². The van der Waals surface area contributed by atoms with Crippen LogP contribution in [0, 0.1) is 6.92 Å². The Morgan fingerprint density at radius 1 is 1.22 bits per heavy atom. The van der Waals surface area contributed by atoms with Crippen molar-refractivity contribution >= 4 is 22.4 Å². The number of pyridine rings is 1. The largest absolute Gasteiger partial charge is 0.450 e. The molecule has 3 aromatic rings. The molecule has 2 heterocycles. The number of anilines is 1. The fourth-order valence-corrected chi connectivity index (χ4v) is 3.34. The van der Waals surface area contributed by atoms with Crippen LogP contribution in [0.1, 0.15) is 45.7 Å². The average Bonchev–Trinajstić information content (AvgIpc) is 2.89. The highest BCUT2D eigenvalue weighted by Crippen LogP contribution is 2.34. The van der Waals surface area contributed by atoms with Crippen LogP contribution in [0.5, 0.6) is 0 Å². The van der Waals surface area contributed by atoms with Crippen molar-refractivity contribution in [2.24, 2.45) is 0 Å². The second kappa shape index (κ2) is 5.23. The van der Waals surface area contributed by atoms with Gasteiger partial charge in [0.05, 0.1) is 5.69 Å². The molecule has 2 N–H and O–H groups in total. The Bertz CT molecular complexity index is 925. The van der Waals surface area contributed by atoms with Crippen molar-refractivity contribution in [1.29, 1.82) is 0 Å². The SMILES string of the molecule is Cc1ccncc1C(=O)c1oc2cc3c(cc2c1N)CCCC3. The standard InChI is InChI=1S/C19H18N2O2/c1-11-6-7-21-10-15(11)18(22)19-17(20)14-8-12-4-2-3-5-13(12)9-16(14)23-19/h6-10H,2-5,20H2,1H3. The molecule has 0 saturated carbocycles. The summed E-state index contributed by atoms with van der Waals surface area (Å²) in [4.78, 5) is 16.8. The van der Waals surface area contributed by atoms with Crippen LogP contribution in [0.15, 0.2) is 35.0 Å². The van der Waals surface area contributed by atoms with Crippen LogP contribution in [0.3, 0.4) is 0 Å². The van der Waals surface area contributed by atoms with Crippen molar-refractivity contribution in [3.8, 4) is 0 Å². The van der Waals surface area contributed by atoms with E-state index in [1.54, 1.807) is 12.4 Å². The molecule has 2 aromatic heterocycles. The molecule has 1 aromatic carbocycles. The number of hydrogen-bond donors (Lipinski definition) is 1. The lowest BCUT2D eigenvalue weighted by Gasteiger charge is -2.14. The van der Waals surface area contributed by atoms with Crippen LogP contribution in [0.4, 0.5) is 5.69 Å². The first kappa shape index (κ1) is 14.0. The Labute approximate surface area is 134 Å². The van der Waals surface area contributed by atoms with Gasteiger partial charge >= 0.3 is 0 Å². The lowest BCUT2D eigenvalue weighted by atomic mass is 9.90. The van der Waals surface area contributed by atoms with Crippen LogP contribution in [-0.2, 0) is 12.8 Å². The summed E-state index contributed by atoms with van der Waals surface area (Å²) in [6.07, 6.45) is 7.78. The van der Waals surface area contributed by atoms with Gasteiger partial charge in [-0.15, -0.1) is 0 Å². The zero-order valence-corrected chi connectivity index (χ0v) is 13.1. The number of hydrogen-bond acceptors (Lipinski definition) is 4. The summed E-state index contributed by atoms with van der Waals surface area (Å²) >= 11 is 0. The molecule has 1 aliphatic carbocycles. The summed E-state index contributed by atoms with van der Waals surface area (Å²) in [5.74, 6) is 0.0146. The van der Waals surface area contributed by atoms with Crippen molar-refractivity contribution in [1.82, 2.24) is 4.98 Å². The monoisotopic (exact) mass is 306 g/mol. The molecule has 4 rings (SSSR count). The first-order valence-corrected chi connectivity index (χ1v) is 7.94. The molecule has 0 aliphatic heterocycles. The maximum Gasteiger partial charge on any atom is 0.232 e. The van der Waals surface area contributed by atoms with Gasteiger partial charge in [0, 0.05) is 23.3 Å². The van der Waals surface area contributed by atoms with Gasteiger partial charge in [-0.2, -0.15) is 0 Å². The minimum atomic E-state index is -0.206. The molecule has 0 spiro atoms. The molecule has 23 heavy (non-hydrogen) atoms. The van der Waals surface area contributed by atoms with E-state index in [2.05, 4.69) is 11.1 Å². The molecular weight excluding hydrogens is 288 g/mol. The van der Waals surface area contributed by atoms with Gasteiger partial charge in [-0.05, 0) is 67.5 Å². The number of aryl methyl sites for hydroxylation is 3. The molecule has 0 atom stereocenters. The van der Waals surface area contributed by atoms with E-state index in [0.29, 0.717) is 16.8 Å². The molecule has 116 valence electrons. The van der Waals surface area contributed by atoms with Gasteiger partial charge in [0.25, 0.3) is 0 Å². The molecule has 0 saturated heterocycles. The molecule has 0 unspecified atom stereocenters. The fraction of sp³-hybridized carbons (Fsp3) is 0.263. The minimum absolute atomic E-state index is 0.206. The summed E-state index contributed by atoms with van der Waals surface area (Å²) < 4.78 is 5.83. The highest BCUT2D eigenvalue weighted by Gasteiger charge is 2.23. The van der Waals surface area contributed by atoms with E-state index in [4.69, 9.17) is 10.2 Å². The number of furan rings is 1. The number of carbonyl (C=O) groups excluding carboxylic acids is 1. The van der Waals surface area contributed by atoms with Gasteiger partial charge in [-0.3, -0.25) is 9.78 Å². The average molecular weight is 306 g/mol. The van der Waals surface area contributed by atoms with E-state index in [9.17, 15) is 4.79 Å². The number of rotatable bonds is 2. The third-order valence-electron chi connectivity index (χ3n) is 4.68. The van der Waals surface area contributed by atoms with E-state index in [-0.39, 0.29) is 11.5 Å². The number of nitrogen functional groups attached to an aromatic ring is 1. The number of aromatic nitrogens is 1. The first-order chi connectivity index (χ1) is 11.1. The predicted molar refractivity (Wildman–Crippen MR) is 89.7 cm³/mol. The summed E-state index contributed by atoms with van der Waals surface area (Å²) in [5, 5.41) is 0.843. The number of fused-ring (bicyclic) bond motifs is 2. The van der Waals surface area contributed by atoms with Crippen LogP contribution in [0.25, 0.3) is 11.0 Å². The molecule has 0 bridgehead atoms. The topological polar surface area (TPSA) is 69.1 Å². The summed E-state index contributed by atoms with van der Waals surface area (Å²) in [5.41, 5.74) is 11.4. The van der Waals surface area contributed by atoms with E-state index in [0.717, 1.165) is 23.8 Å². The summed E-state index contributed by atoms with van der Waals surface area (Å²) in [6, 6.07) is 5.95. The van der Waals surface area contributed by atoms with Crippen LogP contribution < -0.4 is 5.73 Å². The zero-order chi connectivity index (χ0) is 16.0. The quantitative estimate of drug-likeness (QED) is 0.731. The second-order valence-electron chi connectivity index (χ2n) is 6.19. The van der Waals surface area contributed by atoms with E-state index < -0.39 is 0 Å². The maximum atomic E-state index is 12.8. The number of ketones is 1. The van der Waals surface area contributed by atoms with Crippen LogP contribution >= 0.6 is 0 Å². The minimum Gasteiger partial charge on any atom is -0.450 e. The zero-order valence-electron chi connectivity index (χ0n) is 13.1. The van der Waals surface area contributed by atoms with Crippen molar-refractivity contribution in [3.63, 3.8) is 0 Å².